The Balaban J connectivity index is 2.84. The van der Waals surface area contributed by atoms with E-state index < -0.39 is 23.7 Å². The predicted molar refractivity (Wildman–Crippen MR) is 56.6 cm³/mol. The third-order valence-electron chi connectivity index (χ3n) is 1.82. The molecule has 1 aromatic rings. The van der Waals surface area contributed by atoms with Crippen LogP contribution in [0.25, 0.3) is 0 Å². The van der Waals surface area contributed by atoms with Gasteiger partial charge in [0, 0.05) is 13.7 Å². The molecule has 0 unspecified atom stereocenters. The summed E-state index contributed by atoms with van der Waals surface area (Å²) < 4.78 is 41.7. The second-order valence-corrected chi connectivity index (χ2v) is 4.15. The third-order valence-corrected chi connectivity index (χ3v) is 2.85. The van der Waals surface area contributed by atoms with E-state index in [0.29, 0.717) is 11.3 Å². The van der Waals surface area contributed by atoms with E-state index >= 15 is 0 Å². The average Bonchev–Trinajstić information content (AvgIpc) is 2.72. The number of rotatable bonds is 6. The molecule has 0 amide bonds. The number of halogens is 3. The number of anilines is 1. The van der Waals surface area contributed by atoms with Crippen molar-refractivity contribution in [1.29, 1.82) is 0 Å². The highest BCUT2D eigenvalue weighted by Gasteiger charge is 2.36. The minimum atomic E-state index is -4.58. The maximum absolute atomic E-state index is 12.3. The van der Waals surface area contributed by atoms with E-state index in [1.807, 2.05) is 0 Å². The number of hydrogen-bond donors (Lipinski definition) is 1. The molecule has 1 rings (SSSR count). The smallest absolute Gasteiger partial charge is 0.445 e. The molecule has 18 heavy (non-hydrogen) atoms. The molecule has 0 aliphatic carbocycles. The molecule has 6 nitrogen and oxygen atoms in total. The van der Waals surface area contributed by atoms with Crippen molar-refractivity contribution in [3.63, 3.8) is 0 Å². The van der Waals surface area contributed by atoms with Crippen molar-refractivity contribution < 1.29 is 27.8 Å². The Bertz CT molecular complexity index is 410. The molecule has 0 radical (unpaired) electrons. The van der Waals surface area contributed by atoms with Gasteiger partial charge in [0.05, 0.1) is 6.61 Å². The van der Waals surface area contributed by atoms with E-state index in [1.54, 1.807) is 0 Å². The number of ether oxygens (including phenoxy) is 1. The number of nitrogens with zero attached hydrogens (tertiary/aromatic N) is 3. The fourth-order valence-electron chi connectivity index (χ4n) is 1.06. The summed E-state index contributed by atoms with van der Waals surface area (Å²) in [5.41, 5.74) is 0. The summed E-state index contributed by atoms with van der Waals surface area (Å²) in [6.07, 6.45) is -4.58. The second-order valence-electron chi connectivity index (χ2n) is 3.20. The zero-order chi connectivity index (χ0) is 13.8. The molecular weight excluding hydrogens is 275 g/mol. The number of carboxylic acid groups (broad SMARTS) is 1. The highest BCUT2D eigenvalue weighted by Crippen LogP contribution is 2.34. The Morgan fingerprint density at radius 1 is 1.50 bits per heavy atom. The molecule has 0 bridgehead atoms. The van der Waals surface area contributed by atoms with Crippen LogP contribution in [0.15, 0.2) is 0 Å². The van der Waals surface area contributed by atoms with Crippen molar-refractivity contribution in [2.24, 2.45) is 0 Å². The molecule has 0 aromatic carbocycles. The van der Waals surface area contributed by atoms with Gasteiger partial charge in [0.25, 0.3) is 0 Å². The quantitative estimate of drug-likeness (QED) is 0.843. The molecule has 1 N–H and O–H groups in total. The van der Waals surface area contributed by atoms with Gasteiger partial charge >= 0.3 is 12.1 Å². The summed E-state index contributed by atoms with van der Waals surface area (Å²) in [5.74, 6) is -1.17. The SMILES string of the molecule is COCCN(CC(=O)O)c1nnc(C(F)(F)F)s1. The van der Waals surface area contributed by atoms with Crippen molar-refractivity contribution in [3.8, 4) is 0 Å². The lowest BCUT2D eigenvalue weighted by atomic mass is 10.5. The second kappa shape index (κ2) is 5.96. The molecule has 102 valence electrons. The van der Waals surface area contributed by atoms with Gasteiger partial charge in [-0.15, -0.1) is 10.2 Å². The first-order chi connectivity index (χ1) is 8.34. The number of methoxy groups -OCH3 is 1. The van der Waals surface area contributed by atoms with E-state index in [2.05, 4.69) is 10.2 Å². The predicted octanol–water partition coefficient (Wildman–Crippen LogP) is 1.09. The van der Waals surface area contributed by atoms with E-state index in [0.717, 1.165) is 0 Å². The maximum Gasteiger partial charge on any atom is 0.445 e. The Kier molecular flexibility index (Phi) is 4.84. The van der Waals surface area contributed by atoms with Gasteiger partial charge in [-0.25, -0.2) is 0 Å². The summed E-state index contributed by atoms with van der Waals surface area (Å²) in [7, 11) is 1.40. The molecule has 1 heterocycles. The highest BCUT2D eigenvalue weighted by atomic mass is 32.1. The number of aromatic nitrogens is 2. The lowest BCUT2D eigenvalue weighted by Gasteiger charge is -2.18. The molecule has 0 saturated carbocycles. The first kappa shape index (κ1) is 14.6. The first-order valence-corrected chi connectivity index (χ1v) is 5.52. The zero-order valence-electron chi connectivity index (χ0n) is 9.27. The van der Waals surface area contributed by atoms with Gasteiger partial charge in [-0.05, 0) is 0 Å². The molecular formula is C8H10F3N3O3S. The molecule has 1 aromatic heterocycles. The van der Waals surface area contributed by atoms with E-state index in [4.69, 9.17) is 9.84 Å². The van der Waals surface area contributed by atoms with Crippen molar-refractivity contribution >= 4 is 22.4 Å². The van der Waals surface area contributed by atoms with Crippen molar-refractivity contribution in [1.82, 2.24) is 10.2 Å². The van der Waals surface area contributed by atoms with Gasteiger partial charge in [-0.3, -0.25) is 4.79 Å². The topological polar surface area (TPSA) is 75.5 Å². The molecule has 10 heteroatoms. The van der Waals surface area contributed by atoms with Crippen LogP contribution < -0.4 is 4.90 Å². The standard InChI is InChI=1S/C8H10F3N3O3S/c1-17-3-2-14(4-5(15)16)7-13-12-6(18-7)8(9,10)11/h2-4H2,1H3,(H,15,16). The molecule has 0 saturated heterocycles. The average molecular weight is 285 g/mol. The fraction of sp³-hybridized carbons (Fsp3) is 0.625. The van der Waals surface area contributed by atoms with Crippen molar-refractivity contribution in [2.75, 3.05) is 31.7 Å². The van der Waals surface area contributed by atoms with Gasteiger partial charge in [0.15, 0.2) is 0 Å². The Morgan fingerprint density at radius 3 is 2.61 bits per heavy atom. The number of carbonyl (C=O) groups is 1. The molecule has 0 fully saturated rings. The molecule has 0 atom stereocenters. The molecule has 0 aliphatic rings. The van der Waals surface area contributed by atoms with E-state index in [1.165, 1.54) is 12.0 Å². The molecule has 0 spiro atoms. The van der Waals surface area contributed by atoms with Crippen molar-refractivity contribution in [2.45, 2.75) is 6.18 Å². The number of carboxylic acids is 1. The summed E-state index contributed by atoms with van der Waals surface area (Å²) in [6.45, 7) is -0.167. The lowest BCUT2D eigenvalue weighted by molar-refractivity contribution is -0.138. The van der Waals surface area contributed by atoms with Gasteiger partial charge < -0.3 is 14.7 Å². The number of alkyl halides is 3. The Hall–Kier alpha value is -1.42. The van der Waals surface area contributed by atoms with Crippen LogP contribution in [0.2, 0.25) is 0 Å². The van der Waals surface area contributed by atoms with Crippen LogP contribution in [0.3, 0.4) is 0 Å². The van der Waals surface area contributed by atoms with Gasteiger partial charge in [0.2, 0.25) is 10.1 Å². The summed E-state index contributed by atoms with van der Waals surface area (Å²) in [5, 5.41) is 13.8. The van der Waals surface area contributed by atoms with Crippen molar-refractivity contribution in [3.05, 3.63) is 5.01 Å². The Labute approximate surface area is 104 Å². The van der Waals surface area contributed by atoms with Gasteiger partial charge in [0.1, 0.15) is 6.54 Å². The summed E-state index contributed by atoms with van der Waals surface area (Å²) in [6, 6.07) is 0. The monoisotopic (exact) mass is 285 g/mol. The summed E-state index contributed by atoms with van der Waals surface area (Å²) >= 11 is 0.300. The van der Waals surface area contributed by atoms with Crippen LogP contribution >= 0.6 is 11.3 Å². The number of aliphatic carboxylic acids is 1. The maximum atomic E-state index is 12.3. The third kappa shape index (κ3) is 4.11. The summed E-state index contributed by atoms with van der Waals surface area (Å²) in [4.78, 5) is 11.8. The van der Waals surface area contributed by atoms with Crippen LogP contribution in [-0.2, 0) is 15.7 Å². The number of hydrogen-bond acceptors (Lipinski definition) is 6. The minimum absolute atomic E-state index is 0.0956. The first-order valence-electron chi connectivity index (χ1n) is 4.71. The van der Waals surface area contributed by atoms with Crippen LogP contribution in [0.4, 0.5) is 18.3 Å². The minimum Gasteiger partial charge on any atom is -0.480 e. The van der Waals surface area contributed by atoms with E-state index in [-0.39, 0.29) is 18.3 Å². The lowest BCUT2D eigenvalue weighted by Crippen LogP contribution is -2.32. The van der Waals surface area contributed by atoms with Crippen LogP contribution in [0.1, 0.15) is 5.01 Å². The molecule has 0 aliphatic heterocycles. The van der Waals surface area contributed by atoms with E-state index in [9.17, 15) is 18.0 Å². The van der Waals surface area contributed by atoms with Gasteiger partial charge in [-0.1, -0.05) is 11.3 Å². The fourth-order valence-corrected chi connectivity index (χ4v) is 1.80. The van der Waals surface area contributed by atoms with Gasteiger partial charge in [-0.2, -0.15) is 13.2 Å². The van der Waals surface area contributed by atoms with Crippen LogP contribution in [-0.4, -0.2) is 48.1 Å². The largest absolute Gasteiger partial charge is 0.480 e. The van der Waals surface area contributed by atoms with Crippen LogP contribution in [0, 0.1) is 0 Å². The zero-order valence-corrected chi connectivity index (χ0v) is 10.1. The van der Waals surface area contributed by atoms with Crippen LogP contribution in [0.5, 0.6) is 0 Å². The highest BCUT2D eigenvalue weighted by molar-refractivity contribution is 7.15. The normalized spacial score (nSPS) is 11.6. The Morgan fingerprint density at radius 2 is 2.17 bits per heavy atom.